The Bertz CT molecular complexity index is 897. The fourth-order valence-electron chi connectivity index (χ4n) is 3.08. The Labute approximate surface area is 202 Å². The van der Waals surface area contributed by atoms with E-state index in [4.69, 9.17) is 4.74 Å². The molecule has 3 rings (SSSR count). The number of carbonyl (C=O) groups is 1. The first-order valence-electron chi connectivity index (χ1n) is 10.6. The van der Waals surface area contributed by atoms with Crippen LogP contribution in [-0.4, -0.2) is 32.1 Å². The maximum Gasteiger partial charge on any atom is 0.251 e. The van der Waals surface area contributed by atoms with Gasteiger partial charge >= 0.3 is 0 Å². The predicted octanol–water partition coefficient (Wildman–Crippen LogP) is 4.02. The van der Waals surface area contributed by atoms with E-state index < -0.39 is 0 Å². The number of nitrogens with zero attached hydrogens (tertiary/aromatic N) is 1. The van der Waals surface area contributed by atoms with Gasteiger partial charge in [0, 0.05) is 31.3 Å². The van der Waals surface area contributed by atoms with Crippen molar-refractivity contribution < 1.29 is 9.53 Å². The van der Waals surface area contributed by atoms with Gasteiger partial charge in [0.1, 0.15) is 5.75 Å². The zero-order chi connectivity index (χ0) is 21.3. The van der Waals surface area contributed by atoms with Crippen LogP contribution in [-0.2, 0) is 13.1 Å². The highest BCUT2D eigenvalue weighted by Gasteiger charge is 2.22. The maximum atomic E-state index is 11.8. The molecular formula is C24H33IN4O2. The molecule has 6 nitrogen and oxygen atoms in total. The quantitative estimate of drug-likeness (QED) is 0.257. The Hall–Kier alpha value is -2.29. The smallest absolute Gasteiger partial charge is 0.251 e. The van der Waals surface area contributed by atoms with Crippen molar-refractivity contribution >= 4 is 35.8 Å². The molecule has 168 valence electrons. The highest BCUT2D eigenvalue weighted by molar-refractivity contribution is 14.0. The number of carbonyl (C=O) groups excluding carboxylic acids is 1. The number of guanidine groups is 1. The number of nitrogens with one attached hydrogen (secondary N) is 3. The van der Waals surface area contributed by atoms with E-state index in [2.05, 4.69) is 46.1 Å². The minimum atomic E-state index is -0.0936. The van der Waals surface area contributed by atoms with Gasteiger partial charge in [-0.25, -0.2) is 4.99 Å². The average molecular weight is 536 g/mol. The second-order valence-corrected chi connectivity index (χ2v) is 7.69. The van der Waals surface area contributed by atoms with Crippen LogP contribution in [0.1, 0.15) is 46.8 Å². The number of ether oxygens (including phenoxy) is 1. The Morgan fingerprint density at radius 3 is 2.68 bits per heavy atom. The lowest BCUT2D eigenvalue weighted by Gasteiger charge is -2.15. The van der Waals surface area contributed by atoms with Crippen molar-refractivity contribution in [3.8, 4) is 5.75 Å². The minimum absolute atomic E-state index is 0. The molecule has 1 fully saturated rings. The topological polar surface area (TPSA) is 74.8 Å². The van der Waals surface area contributed by atoms with Gasteiger partial charge in [0.15, 0.2) is 5.96 Å². The van der Waals surface area contributed by atoms with E-state index in [1.165, 1.54) is 18.4 Å². The maximum absolute atomic E-state index is 11.8. The molecule has 1 aliphatic carbocycles. The largest absolute Gasteiger partial charge is 0.493 e. The summed E-state index contributed by atoms with van der Waals surface area (Å²) in [6.07, 6.45) is 2.55. The van der Waals surface area contributed by atoms with Crippen LogP contribution in [0.3, 0.4) is 0 Å². The van der Waals surface area contributed by atoms with Gasteiger partial charge in [-0.1, -0.05) is 24.3 Å². The standard InChI is InChI=1S/C24H32N4O2.HI/c1-4-26-24(27-14-19-6-5-7-20(13-19)23(29)25-3)28-15-21-11-8-17(2)12-22(21)30-16-18-9-10-18;/h5-8,11-13,18H,4,9-10,14-16H2,1-3H3,(H,25,29)(H2,26,27,28);1H. The summed E-state index contributed by atoms with van der Waals surface area (Å²) in [6.45, 7) is 6.80. The van der Waals surface area contributed by atoms with Gasteiger partial charge in [0.25, 0.3) is 5.91 Å². The number of rotatable bonds is 9. The third-order valence-electron chi connectivity index (χ3n) is 5.02. The molecule has 0 spiro atoms. The number of hydrogen-bond donors (Lipinski definition) is 3. The lowest BCUT2D eigenvalue weighted by molar-refractivity contribution is 0.0963. The van der Waals surface area contributed by atoms with Crippen LogP contribution in [0.4, 0.5) is 0 Å². The van der Waals surface area contributed by atoms with E-state index in [0.717, 1.165) is 41.9 Å². The van der Waals surface area contributed by atoms with Crippen molar-refractivity contribution in [2.45, 2.75) is 39.8 Å². The highest BCUT2D eigenvalue weighted by atomic mass is 127. The number of halogens is 1. The second kappa shape index (κ2) is 12.5. The summed E-state index contributed by atoms with van der Waals surface area (Å²) in [5.41, 5.74) is 3.94. The molecule has 0 atom stereocenters. The lowest BCUT2D eigenvalue weighted by atomic mass is 10.1. The van der Waals surface area contributed by atoms with Crippen molar-refractivity contribution in [2.75, 3.05) is 20.2 Å². The summed E-state index contributed by atoms with van der Waals surface area (Å²) >= 11 is 0. The molecule has 7 heteroatoms. The van der Waals surface area contributed by atoms with Gasteiger partial charge in [-0.3, -0.25) is 4.79 Å². The third kappa shape index (κ3) is 8.05. The zero-order valence-electron chi connectivity index (χ0n) is 18.5. The van der Waals surface area contributed by atoms with E-state index in [1.54, 1.807) is 13.1 Å². The first-order valence-corrected chi connectivity index (χ1v) is 10.6. The number of hydrogen-bond acceptors (Lipinski definition) is 3. The second-order valence-electron chi connectivity index (χ2n) is 7.69. The summed E-state index contributed by atoms with van der Waals surface area (Å²) in [5.74, 6) is 2.31. The monoisotopic (exact) mass is 536 g/mol. The summed E-state index contributed by atoms with van der Waals surface area (Å²) < 4.78 is 6.07. The van der Waals surface area contributed by atoms with Crippen LogP contribution in [0.25, 0.3) is 0 Å². The molecular weight excluding hydrogens is 503 g/mol. The van der Waals surface area contributed by atoms with Crippen molar-refractivity contribution in [2.24, 2.45) is 10.9 Å². The number of aliphatic imine (C=N–C) groups is 1. The Morgan fingerprint density at radius 2 is 1.97 bits per heavy atom. The molecule has 0 radical (unpaired) electrons. The molecule has 0 aromatic heterocycles. The van der Waals surface area contributed by atoms with Crippen molar-refractivity contribution in [3.05, 3.63) is 64.7 Å². The van der Waals surface area contributed by atoms with Gasteiger partial charge in [0.2, 0.25) is 0 Å². The fourth-order valence-corrected chi connectivity index (χ4v) is 3.08. The van der Waals surface area contributed by atoms with Gasteiger partial charge < -0.3 is 20.7 Å². The molecule has 3 N–H and O–H groups in total. The van der Waals surface area contributed by atoms with Gasteiger partial charge in [-0.2, -0.15) is 0 Å². The number of amides is 1. The third-order valence-corrected chi connectivity index (χ3v) is 5.02. The molecule has 1 aliphatic rings. The summed E-state index contributed by atoms with van der Waals surface area (Å²) in [5, 5.41) is 9.33. The van der Waals surface area contributed by atoms with E-state index in [9.17, 15) is 4.79 Å². The number of benzene rings is 2. The van der Waals surface area contributed by atoms with Crippen LogP contribution < -0.4 is 20.7 Å². The van der Waals surface area contributed by atoms with Crippen LogP contribution in [0, 0.1) is 12.8 Å². The summed E-state index contributed by atoms with van der Waals surface area (Å²) in [7, 11) is 1.63. The van der Waals surface area contributed by atoms with Crippen molar-refractivity contribution in [3.63, 3.8) is 0 Å². The first kappa shape index (κ1) is 25.0. The van der Waals surface area contributed by atoms with Crippen LogP contribution in [0.2, 0.25) is 0 Å². The summed E-state index contributed by atoms with van der Waals surface area (Å²) in [4.78, 5) is 16.5. The van der Waals surface area contributed by atoms with Crippen LogP contribution in [0.15, 0.2) is 47.5 Å². The van der Waals surface area contributed by atoms with Crippen molar-refractivity contribution in [1.29, 1.82) is 0 Å². The molecule has 0 bridgehead atoms. The molecule has 31 heavy (non-hydrogen) atoms. The summed E-state index contributed by atoms with van der Waals surface area (Å²) in [6, 6.07) is 13.9. The molecule has 0 aliphatic heterocycles. The fraction of sp³-hybridized carbons (Fsp3) is 0.417. The van der Waals surface area contributed by atoms with Gasteiger partial charge in [-0.15, -0.1) is 24.0 Å². The Kier molecular flexibility index (Phi) is 10.1. The molecule has 0 heterocycles. The minimum Gasteiger partial charge on any atom is -0.493 e. The Morgan fingerprint density at radius 1 is 1.16 bits per heavy atom. The van der Waals surface area contributed by atoms with E-state index >= 15 is 0 Å². The van der Waals surface area contributed by atoms with Crippen LogP contribution >= 0.6 is 24.0 Å². The highest BCUT2D eigenvalue weighted by Crippen LogP contribution is 2.30. The van der Waals surface area contributed by atoms with Gasteiger partial charge in [-0.05, 0) is 61.9 Å². The molecule has 1 amide bonds. The van der Waals surface area contributed by atoms with Gasteiger partial charge in [0.05, 0.1) is 13.2 Å². The normalized spacial score (nSPS) is 13.2. The predicted molar refractivity (Wildman–Crippen MR) is 136 cm³/mol. The molecule has 2 aromatic carbocycles. The van der Waals surface area contributed by atoms with Crippen LogP contribution in [0.5, 0.6) is 5.75 Å². The SMILES string of the molecule is CCNC(=NCc1cccc(C(=O)NC)c1)NCc1ccc(C)cc1OCC1CC1.I. The van der Waals surface area contributed by atoms with E-state index in [0.29, 0.717) is 18.7 Å². The Balaban J connectivity index is 0.00000341. The van der Waals surface area contributed by atoms with E-state index in [-0.39, 0.29) is 29.9 Å². The van der Waals surface area contributed by atoms with Crippen molar-refractivity contribution in [1.82, 2.24) is 16.0 Å². The number of aryl methyl sites for hydroxylation is 1. The molecule has 2 aromatic rings. The lowest BCUT2D eigenvalue weighted by Crippen LogP contribution is -2.36. The van der Waals surface area contributed by atoms with E-state index in [1.807, 2.05) is 25.1 Å². The zero-order valence-corrected chi connectivity index (χ0v) is 20.9. The molecule has 1 saturated carbocycles. The molecule has 0 saturated heterocycles. The molecule has 0 unspecified atom stereocenters. The average Bonchev–Trinajstić information content (AvgIpc) is 3.59. The first-order chi connectivity index (χ1) is 14.6.